The van der Waals surface area contributed by atoms with Gasteiger partial charge >= 0.3 is 10.2 Å². The molecule has 32 heavy (non-hydrogen) atoms. The van der Waals surface area contributed by atoms with Crippen LogP contribution in [-0.2, 0) is 16.8 Å². The van der Waals surface area contributed by atoms with Crippen LogP contribution in [0.5, 0.6) is 0 Å². The number of hydrogen-bond acceptors (Lipinski definition) is 4. The van der Waals surface area contributed by atoms with Gasteiger partial charge in [-0.15, -0.1) is 3.89 Å². The maximum absolute atomic E-state index is 13.1. The molecule has 9 heteroatoms. The quantitative estimate of drug-likeness (QED) is 0.422. The number of hydrogen-bond donors (Lipinski definition) is 2. The first kappa shape index (κ1) is 21.4. The molecule has 1 aromatic heterocycles. The van der Waals surface area contributed by atoms with Crippen LogP contribution in [0.25, 0.3) is 22.6 Å². The second-order valence-electron chi connectivity index (χ2n) is 6.99. The Morgan fingerprint density at radius 2 is 1.53 bits per heavy atom. The van der Waals surface area contributed by atoms with E-state index in [0.717, 1.165) is 34.5 Å². The van der Waals surface area contributed by atoms with E-state index in [1.54, 1.807) is 18.3 Å². The highest BCUT2D eigenvalue weighted by atomic mass is 32.3. The van der Waals surface area contributed by atoms with E-state index in [9.17, 15) is 21.5 Å². The minimum absolute atomic E-state index is 0.220. The third kappa shape index (κ3) is 4.89. The van der Waals surface area contributed by atoms with E-state index >= 15 is 0 Å². The Morgan fingerprint density at radius 1 is 0.906 bits per heavy atom. The topological polar surface area (TPSA) is 91.9 Å². The van der Waals surface area contributed by atoms with Crippen LogP contribution in [0.15, 0.2) is 83.9 Å². The van der Waals surface area contributed by atoms with Crippen LogP contribution in [0.2, 0.25) is 0 Å². The maximum atomic E-state index is 13.1. The lowest BCUT2D eigenvalue weighted by molar-refractivity contribution is 0.0951. The summed E-state index contributed by atoms with van der Waals surface area (Å²) in [4.78, 5) is 19.3. The van der Waals surface area contributed by atoms with Gasteiger partial charge in [-0.3, -0.25) is 4.79 Å². The highest BCUT2D eigenvalue weighted by Crippen LogP contribution is 2.23. The Bertz CT molecular complexity index is 1350. The Hall–Kier alpha value is -3.85. The predicted molar refractivity (Wildman–Crippen MR) is 115 cm³/mol. The van der Waals surface area contributed by atoms with Crippen molar-refractivity contribution >= 4 is 16.1 Å². The number of carbonyl (C=O) groups is 1. The van der Waals surface area contributed by atoms with Gasteiger partial charge in [-0.25, -0.2) is 9.37 Å². The molecule has 1 heterocycles. The molecule has 2 N–H and O–H groups in total. The van der Waals surface area contributed by atoms with Gasteiger partial charge in [0, 0.05) is 17.7 Å². The molecule has 0 unspecified atom stereocenters. The van der Waals surface area contributed by atoms with Crippen LogP contribution in [-0.4, -0.2) is 24.3 Å². The first-order valence-electron chi connectivity index (χ1n) is 9.53. The number of amides is 1. The third-order valence-electron chi connectivity index (χ3n) is 4.81. The van der Waals surface area contributed by atoms with Gasteiger partial charge in [0.1, 0.15) is 11.6 Å². The molecule has 0 fully saturated rings. The monoisotopic (exact) mass is 453 g/mol. The first-order chi connectivity index (χ1) is 15.3. The van der Waals surface area contributed by atoms with Crippen molar-refractivity contribution in [3.8, 4) is 22.6 Å². The van der Waals surface area contributed by atoms with Crippen LogP contribution in [0.1, 0.15) is 15.9 Å². The minimum atomic E-state index is -4.80. The minimum Gasteiger partial charge on any atom is -0.348 e. The van der Waals surface area contributed by atoms with Crippen LogP contribution in [0, 0.1) is 5.82 Å². The summed E-state index contributed by atoms with van der Waals surface area (Å²) in [7, 11) is -4.80. The molecule has 0 spiro atoms. The van der Waals surface area contributed by atoms with Gasteiger partial charge in [0.15, 0.2) is 0 Å². The molecule has 6 nitrogen and oxygen atoms in total. The molecule has 0 atom stereocenters. The SMILES string of the molecule is O=C(NCc1ccc(-c2ncc(-c3ccc(F)cc3)[nH]2)cc1)c1ccc(S(=O)(=O)F)cc1. The second kappa shape index (κ2) is 8.72. The van der Waals surface area contributed by atoms with Gasteiger partial charge in [-0.05, 0) is 59.7 Å². The van der Waals surface area contributed by atoms with Gasteiger partial charge < -0.3 is 10.3 Å². The van der Waals surface area contributed by atoms with Crippen LogP contribution < -0.4 is 5.32 Å². The van der Waals surface area contributed by atoms with Gasteiger partial charge in [-0.1, -0.05) is 24.3 Å². The average Bonchev–Trinajstić information content (AvgIpc) is 3.28. The number of imidazole rings is 1. The lowest BCUT2D eigenvalue weighted by Crippen LogP contribution is -2.22. The number of aromatic nitrogens is 2. The summed E-state index contributed by atoms with van der Waals surface area (Å²) in [5, 5.41) is 2.73. The zero-order chi connectivity index (χ0) is 22.7. The molecule has 0 aliphatic rings. The summed E-state index contributed by atoms with van der Waals surface area (Å²) in [6.45, 7) is 0.251. The number of H-pyrrole nitrogens is 1. The molecule has 0 radical (unpaired) electrons. The number of halogens is 2. The number of nitrogens with zero attached hydrogens (tertiary/aromatic N) is 1. The van der Waals surface area contributed by atoms with Crippen LogP contribution in [0.3, 0.4) is 0 Å². The molecule has 1 amide bonds. The maximum Gasteiger partial charge on any atom is 0.332 e. The van der Waals surface area contributed by atoms with Gasteiger partial charge in [0.05, 0.1) is 16.8 Å². The number of benzene rings is 3. The highest BCUT2D eigenvalue weighted by molar-refractivity contribution is 7.86. The van der Waals surface area contributed by atoms with Crippen LogP contribution >= 0.6 is 0 Å². The molecule has 4 aromatic rings. The lowest BCUT2D eigenvalue weighted by Gasteiger charge is -2.07. The zero-order valence-corrected chi connectivity index (χ0v) is 17.4. The molecule has 3 aromatic carbocycles. The molecule has 0 saturated heterocycles. The molecule has 4 rings (SSSR count). The van der Waals surface area contributed by atoms with Gasteiger partial charge in [0.2, 0.25) is 0 Å². The van der Waals surface area contributed by atoms with E-state index in [1.807, 2.05) is 24.3 Å². The normalized spacial score (nSPS) is 11.3. The Morgan fingerprint density at radius 3 is 2.16 bits per heavy atom. The first-order valence-corrected chi connectivity index (χ1v) is 10.9. The van der Waals surface area contributed by atoms with E-state index in [2.05, 4.69) is 15.3 Å². The summed E-state index contributed by atoms with van der Waals surface area (Å²) in [5.41, 5.74) is 3.49. The highest BCUT2D eigenvalue weighted by Gasteiger charge is 2.13. The summed E-state index contributed by atoms with van der Waals surface area (Å²) in [6.07, 6.45) is 1.68. The van der Waals surface area contributed by atoms with Crippen molar-refractivity contribution in [2.24, 2.45) is 0 Å². The second-order valence-corrected chi connectivity index (χ2v) is 8.34. The molecule has 0 bridgehead atoms. The van der Waals surface area contributed by atoms with E-state index in [0.29, 0.717) is 5.82 Å². The zero-order valence-electron chi connectivity index (χ0n) is 16.5. The van der Waals surface area contributed by atoms with Crippen molar-refractivity contribution in [2.75, 3.05) is 0 Å². The standard InChI is InChI=1S/C23H17F2N3O3S/c24-19-9-5-16(6-10-19)21-14-26-22(28-21)17-3-1-15(2-4-17)13-27-23(29)18-7-11-20(12-8-18)32(25,30)31/h1-12,14H,13H2,(H,26,28)(H,27,29). The van der Waals surface area contributed by atoms with Crippen molar-refractivity contribution in [2.45, 2.75) is 11.4 Å². The largest absolute Gasteiger partial charge is 0.348 e. The fraction of sp³-hybridized carbons (Fsp3) is 0.0435. The molecular formula is C23H17F2N3O3S. The average molecular weight is 453 g/mol. The van der Waals surface area contributed by atoms with E-state index in [-0.39, 0.29) is 17.9 Å². The lowest BCUT2D eigenvalue weighted by atomic mass is 10.1. The van der Waals surface area contributed by atoms with Crippen molar-refractivity contribution in [1.82, 2.24) is 15.3 Å². The van der Waals surface area contributed by atoms with Crippen molar-refractivity contribution in [3.63, 3.8) is 0 Å². The number of nitrogens with one attached hydrogen (secondary N) is 2. The summed E-state index contributed by atoms with van der Waals surface area (Å²) < 4.78 is 47.7. The van der Waals surface area contributed by atoms with E-state index in [1.165, 1.54) is 24.3 Å². The molecule has 0 aliphatic carbocycles. The van der Waals surface area contributed by atoms with Gasteiger partial charge in [-0.2, -0.15) is 8.42 Å². The van der Waals surface area contributed by atoms with E-state index in [4.69, 9.17) is 0 Å². The van der Waals surface area contributed by atoms with Crippen LogP contribution in [0.4, 0.5) is 8.28 Å². The van der Waals surface area contributed by atoms with Gasteiger partial charge in [0.25, 0.3) is 5.91 Å². The molecular weight excluding hydrogens is 436 g/mol. The predicted octanol–water partition coefficient (Wildman–Crippen LogP) is 4.47. The Kier molecular flexibility index (Phi) is 5.83. The number of aromatic amines is 1. The molecule has 0 aliphatic heterocycles. The van der Waals surface area contributed by atoms with Crippen molar-refractivity contribution in [1.29, 1.82) is 0 Å². The fourth-order valence-corrected chi connectivity index (χ4v) is 3.54. The summed E-state index contributed by atoms with van der Waals surface area (Å²) in [6, 6.07) is 18.1. The Labute approximate surface area is 183 Å². The van der Waals surface area contributed by atoms with Crippen molar-refractivity contribution < 1.29 is 21.5 Å². The Balaban J connectivity index is 1.39. The number of rotatable bonds is 6. The van der Waals surface area contributed by atoms with E-state index < -0.39 is 21.0 Å². The fourth-order valence-electron chi connectivity index (χ4n) is 3.08. The summed E-state index contributed by atoms with van der Waals surface area (Å²) >= 11 is 0. The molecule has 0 saturated carbocycles. The molecule has 162 valence electrons. The number of carbonyl (C=O) groups excluding carboxylic acids is 1. The smallest absolute Gasteiger partial charge is 0.332 e. The van der Waals surface area contributed by atoms with Crippen molar-refractivity contribution in [3.05, 3.63) is 95.9 Å². The summed E-state index contributed by atoms with van der Waals surface area (Å²) in [5.74, 6) is -0.0597. The third-order valence-corrected chi connectivity index (χ3v) is 5.64.